The van der Waals surface area contributed by atoms with Crippen molar-refractivity contribution in [1.29, 1.82) is 0 Å². The summed E-state index contributed by atoms with van der Waals surface area (Å²) in [7, 11) is -3.23. The molecule has 59 heavy (non-hydrogen) atoms. The number of para-hydroxylation sites is 4. The molecule has 0 saturated heterocycles. The lowest BCUT2D eigenvalue weighted by Crippen LogP contribution is -2.25. The Kier molecular flexibility index (Phi) is 8.39. The molecular weight excluding hydrogens is 738 g/mol. The van der Waals surface area contributed by atoms with Gasteiger partial charge in [0, 0.05) is 48.9 Å². The van der Waals surface area contributed by atoms with E-state index in [0.717, 1.165) is 98.9 Å². The van der Waals surface area contributed by atoms with Gasteiger partial charge in [0.25, 0.3) is 0 Å². The van der Waals surface area contributed by atoms with Crippen LogP contribution in [0.5, 0.6) is 0 Å². The second-order valence-corrected chi connectivity index (χ2v) is 17.6. The molecule has 9 aromatic carbocycles. The van der Waals surface area contributed by atoms with Crippen LogP contribution in [0, 0.1) is 0 Å². The van der Waals surface area contributed by atoms with Crippen molar-refractivity contribution in [1.82, 2.24) is 14.5 Å². The molecule has 11 aromatic rings. The van der Waals surface area contributed by atoms with Crippen molar-refractivity contribution in [3.05, 3.63) is 218 Å². The van der Waals surface area contributed by atoms with Gasteiger partial charge >= 0.3 is 0 Å². The minimum atomic E-state index is -3.23. The largest absolute Gasteiger partial charge is 0.309 e. The van der Waals surface area contributed by atoms with Gasteiger partial charge in [-0.3, -0.25) is 4.57 Å². The molecule has 2 heterocycles. The zero-order valence-corrected chi connectivity index (χ0v) is 32.9. The highest BCUT2D eigenvalue weighted by atomic mass is 31.2. The number of benzene rings is 9. The van der Waals surface area contributed by atoms with Crippen molar-refractivity contribution >= 4 is 66.5 Å². The molecule has 4 nitrogen and oxygen atoms in total. The highest BCUT2D eigenvalue weighted by Gasteiger charge is 2.30. The van der Waals surface area contributed by atoms with E-state index in [1.165, 1.54) is 0 Å². The fourth-order valence-electron chi connectivity index (χ4n) is 8.70. The maximum Gasteiger partial charge on any atom is 0.171 e. The predicted octanol–water partition coefficient (Wildman–Crippen LogP) is 12.5. The third-order valence-corrected chi connectivity index (χ3v) is 14.5. The summed E-state index contributed by atoms with van der Waals surface area (Å²) in [6.07, 6.45) is 0. The molecule has 0 aliphatic carbocycles. The fraction of sp³-hybridized carbons (Fsp3) is 0. The van der Waals surface area contributed by atoms with Crippen LogP contribution in [0.25, 0.3) is 82.9 Å². The summed E-state index contributed by atoms with van der Waals surface area (Å²) in [5, 5.41) is 7.99. The van der Waals surface area contributed by atoms with Gasteiger partial charge in [0.05, 0.1) is 22.2 Å². The number of pyridine rings is 1. The Labute approximate surface area is 342 Å². The average Bonchev–Trinajstić information content (AvgIpc) is 3.71. The van der Waals surface area contributed by atoms with Gasteiger partial charge < -0.3 is 4.57 Å². The number of imidazole rings is 1. The Hall–Kier alpha value is -7.39. The molecule has 0 aliphatic heterocycles. The van der Waals surface area contributed by atoms with Crippen molar-refractivity contribution < 1.29 is 4.57 Å². The summed E-state index contributed by atoms with van der Waals surface area (Å²) in [5.41, 5.74) is 9.03. The van der Waals surface area contributed by atoms with Gasteiger partial charge in [-0.25, -0.2) is 9.97 Å². The molecule has 0 N–H and O–H groups in total. The Morgan fingerprint density at radius 2 is 0.949 bits per heavy atom. The molecule has 0 bridgehead atoms. The second-order valence-electron chi connectivity index (χ2n) is 14.9. The van der Waals surface area contributed by atoms with Crippen LogP contribution < -0.4 is 15.9 Å². The summed E-state index contributed by atoms with van der Waals surface area (Å²) in [6.45, 7) is 0. The summed E-state index contributed by atoms with van der Waals surface area (Å²) < 4.78 is 17.8. The van der Waals surface area contributed by atoms with Crippen molar-refractivity contribution in [3.63, 3.8) is 0 Å². The van der Waals surface area contributed by atoms with E-state index in [2.05, 4.69) is 132 Å². The molecule has 5 heteroatoms. The van der Waals surface area contributed by atoms with Crippen LogP contribution in [0.15, 0.2) is 218 Å². The Morgan fingerprint density at radius 3 is 1.66 bits per heavy atom. The summed E-state index contributed by atoms with van der Waals surface area (Å²) >= 11 is 0. The minimum absolute atomic E-state index is 0.772. The van der Waals surface area contributed by atoms with E-state index >= 15 is 4.57 Å². The molecule has 278 valence electrons. The molecule has 11 rings (SSSR count). The zero-order valence-electron chi connectivity index (χ0n) is 32.0. The molecule has 0 saturated carbocycles. The van der Waals surface area contributed by atoms with Crippen molar-refractivity contribution in [2.75, 3.05) is 0 Å². The average molecular weight is 774 g/mol. The van der Waals surface area contributed by atoms with E-state index in [1.807, 2.05) is 91.0 Å². The molecule has 0 atom stereocenters. The van der Waals surface area contributed by atoms with Gasteiger partial charge in [-0.05, 0) is 64.4 Å². The highest BCUT2D eigenvalue weighted by molar-refractivity contribution is 7.85. The number of nitrogens with zero attached hydrogens (tertiary/aromatic N) is 3. The third kappa shape index (κ3) is 5.80. The molecular formula is C54H36N3OP. The Morgan fingerprint density at radius 1 is 0.390 bits per heavy atom. The molecule has 0 radical (unpaired) electrons. The standard InChI is InChI=1S/C54H36N3OP/c58-59(41-20-6-2-7-21-41,42-22-8-3-9-23-42)43-24-16-17-39(35-43)53-48-36-47(44-25-10-11-26-45(44)52(48)46-27-12-13-28-49(46)55-53)37-31-33-38(34-32-37)54-56-50-29-14-15-30-51(50)57(54)40-18-4-1-5-19-40/h1-36H. The van der Waals surface area contributed by atoms with Crippen LogP contribution in [-0.2, 0) is 4.57 Å². The normalized spacial score (nSPS) is 11.8. The number of rotatable bonds is 7. The highest BCUT2D eigenvalue weighted by Crippen LogP contribution is 2.45. The second kappa shape index (κ2) is 14.2. The summed E-state index contributed by atoms with van der Waals surface area (Å²) in [6, 6.07) is 74.8. The smallest absolute Gasteiger partial charge is 0.171 e. The summed E-state index contributed by atoms with van der Waals surface area (Å²) in [5.74, 6) is 0.897. The zero-order chi connectivity index (χ0) is 39.3. The minimum Gasteiger partial charge on any atom is -0.309 e. The van der Waals surface area contributed by atoms with E-state index in [4.69, 9.17) is 9.97 Å². The number of hydrogen-bond donors (Lipinski definition) is 0. The van der Waals surface area contributed by atoms with E-state index < -0.39 is 7.14 Å². The van der Waals surface area contributed by atoms with E-state index in [9.17, 15) is 0 Å². The first-order chi connectivity index (χ1) is 29.1. The number of hydrogen-bond acceptors (Lipinski definition) is 3. The van der Waals surface area contributed by atoms with E-state index in [-0.39, 0.29) is 0 Å². The van der Waals surface area contributed by atoms with Gasteiger partial charge in [0.1, 0.15) is 5.82 Å². The molecule has 0 amide bonds. The van der Waals surface area contributed by atoms with Crippen LogP contribution in [0.3, 0.4) is 0 Å². The number of fused-ring (bicyclic) bond motifs is 6. The van der Waals surface area contributed by atoms with Crippen LogP contribution >= 0.6 is 7.14 Å². The molecule has 2 aromatic heterocycles. The van der Waals surface area contributed by atoms with Crippen molar-refractivity contribution in [3.8, 4) is 39.5 Å². The van der Waals surface area contributed by atoms with Gasteiger partial charge in [-0.1, -0.05) is 176 Å². The fourth-order valence-corrected chi connectivity index (χ4v) is 11.4. The SMILES string of the molecule is O=P(c1ccccc1)(c1ccccc1)c1cccc(-c2nc3ccccc3c3c2cc(-c2ccc(-c4nc5ccccc5n4-c4ccccc4)cc2)c2ccccc23)c1. The first kappa shape index (κ1) is 34.8. The Balaban J connectivity index is 1.12. The van der Waals surface area contributed by atoms with Crippen molar-refractivity contribution in [2.45, 2.75) is 0 Å². The maximum absolute atomic E-state index is 15.5. The molecule has 0 aliphatic rings. The summed E-state index contributed by atoms with van der Waals surface area (Å²) in [4.78, 5) is 10.5. The molecule has 0 spiro atoms. The van der Waals surface area contributed by atoms with Crippen LogP contribution in [0.4, 0.5) is 0 Å². The van der Waals surface area contributed by atoms with Crippen molar-refractivity contribution in [2.24, 2.45) is 0 Å². The Bertz CT molecular complexity index is 3350. The van der Waals surface area contributed by atoms with Crippen LogP contribution in [0.2, 0.25) is 0 Å². The van der Waals surface area contributed by atoms with E-state index in [1.54, 1.807) is 0 Å². The number of aromatic nitrogens is 3. The van der Waals surface area contributed by atoms with Crippen LogP contribution in [0.1, 0.15) is 0 Å². The molecule has 0 fully saturated rings. The van der Waals surface area contributed by atoms with Gasteiger partial charge in [-0.2, -0.15) is 0 Å². The quantitative estimate of drug-likeness (QED) is 0.120. The van der Waals surface area contributed by atoms with Gasteiger partial charge in [-0.15, -0.1) is 0 Å². The first-order valence-electron chi connectivity index (χ1n) is 19.9. The molecule has 0 unspecified atom stereocenters. The lowest BCUT2D eigenvalue weighted by Gasteiger charge is -2.21. The topological polar surface area (TPSA) is 47.8 Å². The lowest BCUT2D eigenvalue weighted by molar-refractivity contribution is 0.592. The van der Waals surface area contributed by atoms with Crippen LogP contribution in [-0.4, -0.2) is 14.5 Å². The van der Waals surface area contributed by atoms with E-state index in [0.29, 0.717) is 0 Å². The lowest BCUT2D eigenvalue weighted by atomic mass is 9.89. The third-order valence-electron chi connectivity index (χ3n) is 11.5. The maximum atomic E-state index is 15.5. The monoisotopic (exact) mass is 773 g/mol. The van der Waals surface area contributed by atoms with Gasteiger partial charge in [0.15, 0.2) is 7.14 Å². The van der Waals surface area contributed by atoms with Gasteiger partial charge in [0.2, 0.25) is 0 Å². The predicted molar refractivity (Wildman–Crippen MR) is 247 cm³/mol. The first-order valence-corrected chi connectivity index (χ1v) is 21.6.